The quantitative estimate of drug-likeness (QED) is 0.558. The molecule has 0 spiro atoms. The van der Waals surface area contributed by atoms with Crippen molar-refractivity contribution in [2.75, 3.05) is 12.4 Å². The summed E-state index contributed by atoms with van der Waals surface area (Å²) in [6, 6.07) is 3.54. The zero-order valence-corrected chi connectivity index (χ0v) is 17.8. The van der Waals surface area contributed by atoms with Crippen LogP contribution in [-0.2, 0) is 18.3 Å². The zero-order valence-electron chi connectivity index (χ0n) is 17.8. The molecule has 1 N–H and O–H groups in total. The summed E-state index contributed by atoms with van der Waals surface area (Å²) in [4.78, 5) is 37.8. The number of ether oxygens (including phenoxy) is 1. The number of aromatic nitrogens is 5. The number of pyridine rings is 2. The van der Waals surface area contributed by atoms with Crippen LogP contribution in [0.3, 0.4) is 0 Å². The number of amides is 1. The fraction of sp³-hybridized carbons (Fsp3) is 0.364. The molecule has 0 atom stereocenters. The lowest BCUT2D eigenvalue weighted by molar-refractivity contribution is -0.117. The fourth-order valence-electron chi connectivity index (χ4n) is 3.39. The van der Waals surface area contributed by atoms with Crippen molar-refractivity contribution in [1.82, 2.24) is 24.7 Å². The van der Waals surface area contributed by atoms with Crippen molar-refractivity contribution in [3.63, 3.8) is 0 Å². The van der Waals surface area contributed by atoms with Gasteiger partial charge in [0, 0.05) is 43.8 Å². The van der Waals surface area contributed by atoms with E-state index in [-0.39, 0.29) is 17.6 Å². The highest BCUT2D eigenvalue weighted by Gasteiger charge is 2.30. The predicted molar refractivity (Wildman–Crippen MR) is 114 cm³/mol. The number of hydrogen-bond acceptors (Lipinski definition) is 7. The Hall–Kier alpha value is -3.62. The Morgan fingerprint density at radius 2 is 2.06 bits per heavy atom. The maximum absolute atomic E-state index is 12.5. The monoisotopic (exact) mass is 420 g/mol. The molecule has 9 heteroatoms. The van der Waals surface area contributed by atoms with Crippen LogP contribution in [-0.4, -0.2) is 43.5 Å². The molecule has 4 rings (SSSR count). The molecular formula is C22H24N6O3. The molecule has 3 aromatic heterocycles. The lowest BCUT2D eigenvalue weighted by Gasteiger charge is -2.14. The molecule has 1 saturated carbocycles. The highest BCUT2D eigenvalue weighted by Crippen LogP contribution is 2.33. The molecule has 0 unspecified atom stereocenters. The van der Waals surface area contributed by atoms with Gasteiger partial charge in [-0.05, 0) is 30.5 Å². The topological polar surface area (TPSA) is 112 Å². The van der Waals surface area contributed by atoms with Crippen LogP contribution in [0.5, 0.6) is 5.75 Å². The summed E-state index contributed by atoms with van der Waals surface area (Å²) in [5, 5.41) is 7.20. The smallest absolute Gasteiger partial charge is 0.228 e. The van der Waals surface area contributed by atoms with Gasteiger partial charge >= 0.3 is 0 Å². The largest absolute Gasteiger partial charge is 0.494 e. The van der Waals surface area contributed by atoms with Crippen LogP contribution in [0.15, 0.2) is 30.9 Å². The third-order valence-electron chi connectivity index (χ3n) is 5.19. The first kappa shape index (κ1) is 20.6. The van der Waals surface area contributed by atoms with Crippen LogP contribution < -0.4 is 10.1 Å². The number of hydrogen-bond donors (Lipinski definition) is 1. The van der Waals surface area contributed by atoms with Crippen LogP contribution in [0.2, 0.25) is 0 Å². The van der Waals surface area contributed by atoms with E-state index >= 15 is 0 Å². The molecule has 160 valence electrons. The van der Waals surface area contributed by atoms with Crippen LogP contribution in [0, 0.1) is 5.92 Å². The van der Waals surface area contributed by atoms with Gasteiger partial charge in [-0.1, -0.05) is 6.92 Å². The minimum absolute atomic E-state index is 0.0240. The maximum atomic E-state index is 12.5. The van der Waals surface area contributed by atoms with E-state index in [1.165, 1.54) is 6.20 Å². The minimum atomic E-state index is -0.0352. The minimum Gasteiger partial charge on any atom is -0.494 e. The van der Waals surface area contributed by atoms with Gasteiger partial charge in [0.05, 0.1) is 18.4 Å². The van der Waals surface area contributed by atoms with E-state index in [1.807, 2.05) is 0 Å². The van der Waals surface area contributed by atoms with Gasteiger partial charge in [0.15, 0.2) is 17.4 Å². The number of carbonyl (C=O) groups is 2. The van der Waals surface area contributed by atoms with Gasteiger partial charge in [-0.25, -0.2) is 9.97 Å². The van der Waals surface area contributed by atoms with Crippen LogP contribution >= 0.6 is 0 Å². The number of rotatable bonds is 8. The zero-order chi connectivity index (χ0) is 22.0. The number of nitrogens with one attached hydrogen (secondary N) is 1. The van der Waals surface area contributed by atoms with Crippen LogP contribution in [0.1, 0.15) is 47.8 Å². The lowest BCUT2D eigenvalue weighted by atomic mass is 9.99. The van der Waals surface area contributed by atoms with Gasteiger partial charge in [-0.15, -0.1) is 0 Å². The Labute approximate surface area is 179 Å². The third-order valence-corrected chi connectivity index (χ3v) is 5.19. The summed E-state index contributed by atoms with van der Waals surface area (Å²) >= 11 is 0. The number of ketones is 1. The van der Waals surface area contributed by atoms with E-state index in [0.717, 1.165) is 18.4 Å². The summed E-state index contributed by atoms with van der Waals surface area (Å²) in [6.07, 6.45) is 7.30. The van der Waals surface area contributed by atoms with E-state index in [9.17, 15) is 9.59 Å². The average Bonchev–Trinajstić information content (AvgIpc) is 3.54. The normalized spacial score (nSPS) is 13.1. The molecule has 1 aliphatic rings. The van der Waals surface area contributed by atoms with Gasteiger partial charge in [-0.2, -0.15) is 5.10 Å². The second-order valence-electron chi connectivity index (χ2n) is 7.52. The fourth-order valence-corrected chi connectivity index (χ4v) is 3.39. The van der Waals surface area contributed by atoms with Crippen molar-refractivity contribution in [2.24, 2.45) is 13.0 Å². The summed E-state index contributed by atoms with van der Waals surface area (Å²) in [5.74, 6) is 1.51. The maximum Gasteiger partial charge on any atom is 0.228 e. The summed E-state index contributed by atoms with van der Waals surface area (Å²) in [7, 11) is 3.36. The molecule has 3 aromatic rings. The molecule has 1 aliphatic carbocycles. The van der Waals surface area contributed by atoms with Crippen molar-refractivity contribution < 1.29 is 14.3 Å². The number of anilines is 1. The van der Waals surface area contributed by atoms with Crippen molar-refractivity contribution >= 4 is 17.5 Å². The summed E-state index contributed by atoms with van der Waals surface area (Å²) < 4.78 is 7.27. The average molecular weight is 420 g/mol. The first-order valence-corrected chi connectivity index (χ1v) is 10.2. The van der Waals surface area contributed by atoms with Gasteiger partial charge in [-0.3, -0.25) is 19.3 Å². The van der Waals surface area contributed by atoms with Crippen molar-refractivity contribution in [3.8, 4) is 17.1 Å². The number of methoxy groups -OCH3 is 1. The molecule has 0 radical (unpaired) electrons. The highest BCUT2D eigenvalue weighted by atomic mass is 16.5. The number of carbonyl (C=O) groups excluding carboxylic acids is 2. The molecule has 1 amide bonds. The lowest BCUT2D eigenvalue weighted by Crippen LogP contribution is -2.15. The van der Waals surface area contributed by atoms with Gasteiger partial charge in [0.1, 0.15) is 12.1 Å². The molecule has 0 bridgehead atoms. The molecule has 0 aliphatic heterocycles. The Bertz CT molecular complexity index is 1140. The number of Topliss-reactive ketones (excluding diaryl/α,β-unsaturated/α-hetero) is 1. The van der Waals surface area contributed by atoms with E-state index in [1.54, 1.807) is 50.4 Å². The predicted octanol–water partition coefficient (Wildman–Crippen LogP) is 2.81. The van der Waals surface area contributed by atoms with E-state index in [0.29, 0.717) is 47.1 Å². The molecule has 9 nitrogen and oxygen atoms in total. The van der Waals surface area contributed by atoms with Crippen molar-refractivity contribution in [3.05, 3.63) is 47.7 Å². The SMILES string of the molecule is CCC(=O)c1cnc(NC(=O)C2CC2)cc1Cc1nccc(-c2ncn(C)n2)c1OC. The Balaban J connectivity index is 1.71. The van der Waals surface area contributed by atoms with Gasteiger partial charge < -0.3 is 10.1 Å². The van der Waals surface area contributed by atoms with Crippen LogP contribution in [0.25, 0.3) is 11.4 Å². The van der Waals surface area contributed by atoms with Gasteiger partial charge in [0.25, 0.3) is 0 Å². The first-order valence-electron chi connectivity index (χ1n) is 10.2. The highest BCUT2D eigenvalue weighted by molar-refractivity contribution is 5.98. The second-order valence-corrected chi connectivity index (χ2v) is 7.52. The Morgan fingerprint density at radius 1 is 1.26 bits per heavy atom. The number of nitrogens with zero attached hydrogens (tertiary/aromatic N) is 5. The second kappa shape index (κ2) is 8.63. The molecule has 0 aromatic carbocycles. The Kier molecular flexibility index (Phi) is 5.75. The summed E-state index contributed by atoms with van der Waals surface area (Å²) in [5.41, 5.74) is 2.60. The number of aryl methyl sites for hydroxylation is 1. The molecule has 31 heavy (non-hydrogen) atoms. The molecular weight excluding hydrogens is 396 g/mol. The van der Waals surface area contributed by atoms with Crippen molar-refractivity contribution in [1.29, 1.82) is 0 Å². The van der Waals surface area contributed by atoms with Crippen molar-refractivity contribution in [2.45, 2.75) is 32.6 Å². The van der Waals surface area contributed by atoms with E-state index in [4.69, 9.17) is 4.74 Å². The first-order chi connectivity index (χ1) is 15.0. The van der Waals surface area contributed by atoms with Gasteiger partial charge in [0.2, 0.25) is 5.91 Å². The van der Waals surface area contributed by atoms with E-state index < -0.39 is 0 Å². The molecule has 3 heterocycles. The third kappa shape index (κ3) is 4.45. The standard InChI is InChI=1S/C22H24N6O3/c1-4-18(29)16-11-24-19(26-22(30)13-5-6-13)10-14(16)9-17-20(31-3)15(7-8-23-17)21-25-12-28(2)27-21/h7-8,10-13H,4-6,9H2,1-3H3,(H,24,26,30). The van der Waals surface area contributed by atoms with Crippen LogP contribution in [0.4, 0.5) is 5.82 Å². The Morgan fingerprint density at radius 3 is 2.71 bits per heavy atom. The molecule has 1 fully saturated rings. The van der Waals surface area contributed by atoms with E-state index in [2.05, 4.69) is 25.4 Å². The molecule has 0 saturated heterocycles. The summed E-state index contributed by atoms with van der Waals surface area (Å²) in [6.45, 7) is 1.81.